The summed E-state index contributed by atoms with van der Waals surface area (Å²) in [4.78, 5) is 32.0. The molecule has 0 aliphatic carbocycles. The second-order valence-corrected chi connectivity index (χ2v) is 11.1. The van der Waals surface area contributed by atoms with E-state index in [2.05, 4.69) is 15.2 Å². The van der Waals surface area contributed by atoms with Crippen molar-refractivity contribution in [3.05, 3.63) is 99.3 Å². The van der Waals surface area contributed by atoms with Crippen molar-refractivity contribution in [1.82, 2.24) is 15.2 Å². The van der Waals surface area contributed by atoms with E-state index in [4.69, 9.17) is 27.9 Å². The summed E-state index contributed by atoms with van der Waals surface area (Å²) < 4.78 is 5.75. The zero-order chi connectivity index (χ0) is 26.8. The molecule has 192 valence electrons. The minimum Gasteiger partial charge on any atom is -0.507 e. The molecule has 0 saturated carbocycles. The van der Waals surface area contributed by atoms with Crippen LogP contribution in [0.2, 0.25) is 10.0 Å². The number of pyridine rings is 1. The van der Waals surface area contributed by atoms with Gasteiger partial charge in [-0.05, 0) is 53.6 Å². The number of ketones is 1. The minimum atomic E-state index is -0.942. The van der Waals surface area contributed by atoms with Crippen molar-refractivity contribution in [1.29, 1.82) is 0 Å². The molecule has 1 aliphatic rings. The maximum atomic E-state index is 13.3. The quantitative estimate of drug-likeness (QED) is 0.0903. The first-order valence-corrected chi connectivity index (χ1v) is 13.7. The van der Waals surface area contributed by atoms with Gasteiger partial charge in [0.2, 0.25) is 5.13 Å². The molecule has 0 spiro atoms. The van der Waals surface area contributed by atoms with Gasteiger partial charge in [0.15, 0.2) is 4.34 Å². The SMILES string of the molecule is COc1ccc(/C(O)=C2/C(=O)C(=O)N(c3nnc(SCc4ccc(Cl)cc4Cl)s3)C2c2cccnc2)cc1. The lowest BCUT2D eigenvalue weighted by molar-refractivity contribution is -0.132. The summed E-state index contributed by atoms with van der Waals surface area (Å²) in [7, 11) is 1.53. The van der Waals surface area contributed by atoms with Gasteiger partial charge < -0.3 is 9.84 Å². The topological polar surface area (TPSA) is 106 Å². The summed E-state index contributed by atoms with van der Waals surface area (Å²) in [5.41, 5.74) is 1.71. The molecular weight excluding hydrogens is 567 g/mol. The van der Waals surface area contributed by atoms with E-state index in [-0.39, 0.29) is 16.5 Å². The third kappa shape index (κ3) is 5.12. The van der Waals surface area contributed by atoms with Crippen molar-refractivity contribution >= 4 is 68.9 Å². The van der Waals surface area contributed by atoms with E-state index in [0.29, 0.717) is 37.0 Å². The number of aromatic nitrogens is 3. The van der Waals surface area contributed by atoms with Gasteiger partial charge in [0.25, 0.3) is 5.78 Å². The van der Waals surface area contributed by atoms with E-state index in [0.717, 1.165) is 16.9 Å². The molecule has 38 heavy (non-hydrogen) atoms. The van der Waals surface area contributed by atoms with E-state index in [9.17, 15) is 14.7 Å². The summed E-state index contributed by atoms with van der Waals surface area (Å²) in [5, 5.41) is 20.9. The number of hydrogen-bond donors (Lipinski definition) is 1. The first-order valence-electron chi connectivity index (χ1n) is 11.1. The van der Waals surface area contributed by atoms with Crippen LogP contribution in [0.25, 0.3) is 5.76 Å². The highest BCUT2D eigenvalue weighted by molar-refractivity contribution is 8.00. The van der Waals surface area contributed by atoms with Crippen LogP contribution in [0.3, 0.4) is 0 Å². The number of carbonyl (C=O) groups is 2. The maximum absolute atomic E-state index is 13.3. The zero-order valence-corrected chi connectivity index (χ0v) is 22.8. The fraction of sp³-hybridized carbons (Fsp3) is 0.115. The highest BCUT2D eigenvalue weighted by Gasteiger charge is 2.48. The fourth-order valence-electron chi connectivity index (χ4n) is 3.92. The number of thioether (sulfide) groups is 1. The molecule has 3 heterocycles. The Bertz CT molecular complexity index is 1540. The first kappa shape index (κ1) is 26.2. The summed E-state index contributed by atoms with van der Waals surface area (Å²) in [6.07, 6.45) is 3.13. The van der Waals surface area contributed by atoms with Crippen LogP contribution in [0.5, 0.6) is 5.75 Å². The Labute approximate surface area is 235 Å². The second-order valence-electron chi connectivity index (χ2n) is 8.06. The Morgan fingerprint density at radius 3 is 2.61 bits per heavy atom. The number of methoxy groups -OCH3 is 1. The Balaban J connectivity index is 1.51. The molecule has 1 saturated heterocycles. The number of carbonyl (C=O) groups excluding carboxylic acids is 2. The van der Waals surface area contributed by atoms with Crippen LogP contribution in [0.1, 0.15) is 22.7 Å². The lowest BCUT2D eigenvalue weighted by Gasteiger charge is -2.22. The largest absolute Gasteiger partial charge is 0.507 e. The van der Waals surface area contributed by atoms with Gasteiger partial charge in [-0.3, -0.25) is 19.5 Å². The number of halogens is 2. The molecule has 5 rings (SSSR count). The van der Waals surface area contributed by atoms with E-state index in [1.54, 1.807) is 60.9 Å². The summed E-state index contributed by atoms with van der Waals surface area (Å²) in [5.74, 6) is -0.859. The number of anilines is 1. The van der Waals surface area contributed by atoms with Gasteiger partial charge in [0, 0.05) is 33.8 Å². The van der Waals surface area contributed by atoms with Gasteiger partial charge in [-0.25, -0.2) is 0 Å². The molecule has 0 bridgehead atoms. The number of rotatable bonds is 7. The average molecular weight is 585 g/mol. The van der Waals surface area contributed by atoms with E-state index in [1.807, 2.05) is 6.07 Å². The number of benzene rings is 2. The molecular formula is C26H18Cl2N4O4S2. The van der Waals surface area contributed by atoms with Gasteiger partial charge in [-0.1, -0.05) is 58.4 Å². The van der Waals surface area contributed by atoms with Crippen LogP contribution >= 0.6 is 46.3 Å². The normalized spacial score (nSPS) is 16.7. The number of nitrogens with zero attached hydrogens (tertiary/aromatic N) is 4. The molecule has 1 atom stereocenters. The Morgan fingerprint density at radius 2 is 1.92 bits per heavy atom. The average Bonchev–Trinajstić information content (AvgIpc) is 3.50. The van der Waals surface area contributed by atoms with Crippen molar-refractivity contribution in [3.63, 3.8) is 0 Å². The number of aliphatic hydroxyl groups excluding tert-OH is 1. The van der Waals surface area contributed by atoms with Gasteiger partial charge in [0.05, 0.1) is 18.7 Å². The lowest BCUT2D eigenvalue weighted by Crippen LogP contribution is -2.29. The second kappa shape index (κ2) is 11.1. The van der Waals surface area contributed by atoms with Crippen molar-refractivity contribution in [2.75, 3.05) is 12.0 Å². The van der Waals surface area contributed by atoms with Gasteiger partial charge >= 0.3 is 5.91 Å². The Kier molecular flexibility index (Phi) is 7.66. The first-order chi connectivity index (χ1) is 18.4. The van der Waals surface area contributed by atoms with Crippen LogP contribution in [0.4, 0.5) is 5.13 Å². The standard InChI is InChI=1S/C26H18Cl2N4O4S2/c1-36-18-8-5-14(6-9-18)22(33)20-21(15-3-2-10-29-12-15)32(24(35)23(20)34)25-30-31-26(38-25)37-13-16-4-7-17(27)11-19(16)28/h2-12,21,33H,13H2,1H3/b22-20-. The molecule has 4 aromatic rings. The van der Waals surface area contributed by atoms with E-state index in [1.165, 1.54) is 23.8 Å². The molecule has 1 fully saturated rings. The highest BCUT2D eigenvalue weighted by Crippen LogP contribution is 2.44. The fourth-order valence-corrected chi connectivity index (χ4v) is 6.35. The van der Waals surface area contributed by atoms with Crippen molar-refractivity contribution in [2.24, 2.45) is 0 Å². The van der Waals surface area contributed by atoms with Crippen molar-refractivity contribution < 1.29 is 19.4 Å². The molecule has 2 aromatic carbocycles. The molecule has 1 amide bonds. The molecule has 2 aromatic heterocycles. The number of amides is 1. The lowest BCUT2D eigenvalue weighted by atomic mass is 9.96. The number of Topliss-reactive ketones (excluding diaryl/α,β-unsaturated/α-hetero) is 1. The predicted molar refractivity (Wildman–Crippen MR) is 148 cm³/mol. The minimum absolute atomic E-state index is 0.0643. The predicted octanol–water partition coefficient (Wildman–Crippen LogP) is 6.17. The monoisotopic (exact) mass is 584 g/mol. The maximum Gasteiger partial charge on any atom is 0.301 e. The Hall–Kier alpha value is -3.44. The third-order valence-corrected chi connectivity index (χ3v) is 8.47. The smallest absolute Gasteiger partial charge is 0.301 e. The van der Waals surface area contributed by atoms with E-state index >= 15 is 0 Å². The molecule has 1 unspecified atom stereocenters. The molecule has 12 heteroatoms. The number of hydrogen-bond acceptors (Lipinski definition) is 9. The van der Waals surface area contributed by atoms with Crippen molar-refractivity contribution in [2.45, 2.75) is 16.1 Å². The molecule has 1 N–H and O–H groups in total. The highest BCUT2D eigenvalue weighted by atomic mass is 35.5. The number of aliphatic hydroxyl groups is 1. The number of ether oxygens (including phenoxy) is 1. The van der Waals surface area contributed by atoms with Gasteiger partial charge in [0.1, 0.15) is 11.5 Å². The van der Waals surface area contributed by atoms with Gasteiger partial charge in [-0.15, -0.1) is 10.2 Å². The molecule has 0 radical (unpaired) electrons. The molecule has 1 aliphatic heterocycles. The van der Waals surface area contributed by atoms with Crippen LogP contribution in [-0.2, 0) is 15.3 Å². The van der Waals surface area contributed by atoms with Crippen molar-refractivity contribution in [3.8, 4) is 5.75 Å². The van der Waals surface area contributed by atoms with Gasteiger partial charge in [-0.2, -0.15) is 0 Å². The van der Waals surface area contributed by atoms with Crippen LogP contribution in [-0.4, -0.2) is 39.1 Å². The van der Waals surface area contributed by atoms with Crippen LogP contribution in [0.15, 0.2) is 76.9 Å². The summed E-state index contributed by atoms with van der Waals surface area (Å²) >= 11 is 14.8. The third-order valence-electron chi connectivity index (χ3n) is 5.78. The van der Waals surface area contributed by atoms with Crippen LogP contribution < -0.4 is 9.64 Å². The summed E-state index contributed by atoms with van der Waals surface area (Å²) in [6.45, 7) is 0. The molecule has 8 nitrogen and oxygen atoms in total. The van der Waals surface area contributed by atoms with E-state index < -0.39 is 17.7 Å². The zero-order valence-electron chi connectivity index (χ0n) is 19.7. The summed E-state index contributed by atoms with van der Waals surface area (Å²) in [6, 6.07) is 14.3. The Morgan fingerprint density at radius 1 is 1.13 bits per heavy atom. The van der Waals surface area contributed by atoms with Crippen LogP contribution in [0, 0.1) is 0 Å².